The molecule has 0 saturated heterocycles. The Balaban J connectivity index is 1.79. The van der Waals surface area contributed by atoms with Gasteiger partial charge in [0.1, 0.15) is 11.5 Å². The summed E-state index contributed by atoms with van der Waals surface area (Å²) in [6.45, 7) is 2.79. The van der Waals surface area contributed by atoms with Gasteiger partial charge < -0.3 is 14.4 Å². The van der Waals surface area contributed by atoms with Crippen LogP contribution < -0.4 is 9.47 Å². The Labute approximate surface area is 164 Å². The van der Waals surface area contributed by atoms with Crippen molar-refractivity contribution in [1.29, 1.82) is 0 Å². The summed E-state index contributed by atoms with van der Waals surface area (Å²) in [4.78, 5) is 16.1. The Morgan fingerprint density at radius 2 is 1.74 bits per heavy atom. The lowest BCUT2D eigenvalue weighted by molar-refractivity contribution is -0.139. The lowest BCUT2D eigenvalue weighted by atomic mass is 10.1. The highest BCUT2D eigenvalue weighted by atomic mass is 32.1. The topological polar surface area (TPSA) is 38.8 Å². The second-order valence-electron chi connectivity index (χ2n) is 6.16. The summed E-state index contributed by atoms with van der Waals surface area (Å²) in [5.41, 5.74) is 0.969. The van der Waals surface area contributed by atoms with Crippen molar-refractivity contribution in [2.45, 2.75) is 26.1 Å². The molecule has 140 valence electrons. The van der Waals surface area contributed by atoms with Crippen molar-refractivity contribution in [2.75, 3.05) is 7.11 Å². The molecule has 0 aliphatic rings. The van der Waals surface area contributed by atoms with Gasteiger partial charge in [0.2, 0.25) is 0 Å². The SMILES string of the molecule is COc1ccccc1CN(Cc1cccs1)C(=O)C(C)Oc1ccccc1. The number of amides is 1. The number of para-hydroxylation sites is 2. The summed E-state index contributed by atoms with van der Waals surface area (Å²) in [5.74, 6) is 1.41. The standard InChI is InChI=1S/C22H23NO3S/c1-17(26-19-10-4-3-5-11-19)22(24)23(16-20-12-8-14-27-20)15-18-9-6-7-13-21(18)25-2/h3-14,17H,15-16H2,1-2H3. The summed E-state index contributed by atoms with van der Waals surface area (Å²) < 4.78 is 11.3. The predicted octanol–water partition coefficient (Wildman–Crippen LogP) is 4.75. The van der Waals surface area contributed by atoms with Crippen molar-refractivity contribution in [2.24, 2.45) is 0 Å². The molecule has 3 rings (SSSR count). The fourth-order valence-corrected chi connectivity index (χ4v) is 3.57. The molecule has 0 bridgehead atoms. The average molecular weight is 381 g/mol. The highest BCUT2D eigenvalue weighted by Crippen LogP contribution is 2.23. The minimum absolute atomic E-state index is 0.0573. The van der Waals surface area contributed by atoms with E-state index in [0.717, 1.165) is 16.2 Å². The van der Waals surface area contributed by atoms with E-state index in [1.165, 1.54) is 0 Å². The Morgan fingerprint density at radius 3 is 2.44 bits per heavy atom. The lowest BCUT2D eigenvalue weighted by Gasteiger charge is -2.26. The summed E-state index contributed by atoms with van der Waals surface area (Å²) in [5, 5.41) is 2.02. The van der Waals surface area contributed by atoms with Gasteiger partial charge in [0.05, 0.1) is 13.7 Å². The van der Waals surface area contributed by atoms with E-state index in [2.05, 4.69) is 0 Å². The minimum atomic E-state index is -0.581. The van der Waals surface area contributed by atoms with E-state index in [0.29, 0.717) is 18.8 Å². The van der Waals surface area contributed by atoms with E-state index < -0.39 is 6.10 Å². The van der Waals surface area contributed by atoms with E-state index in [4.69, 9.17) is 9.47 Å². The predicted molar refractivity (Wildman–Crippen MR) is 108 cm³/mol. The molecule has 0 fully saturated rings. The second kappa shape index (κ2) is 9.24. The van der Waals surface area contributed by atoms with Crippen molar-refractivity contribution in [3.8, 4) is 11.5 Å². The van der Waals surface area contributed by atoms with Crippen LogP contribution in [0, 0.1) is 0 Å². The maximum absolute atomic E-state index is 13.1. The fourth-order valence-electron chi connectivity index (χ4n) is 2.85. The molecule has 2 aromatic carbocycles. The molecule has 0 aliphatic carbocycles. The zero-order chi connectivity index (χ0) is 19.1. The molecule has 1 heterocycles. The molecule has 1 atom stereocenters. The molecule has 3 aromatic rings. The van der Waals surface area contributed by atoms with Gasteiger partial charge in [-0.05, 0) is 36.6 Å². The number of ether oxygens (including phenoxy) is 2. The van der Waals surface area contributed by atoms with Gasteiger partial charge in [-0.15, -0.1) is 11.3 Å². The summed E-state index contributed by atoms with van der Waals surface area (Å²) in [7, 11) is 1.64. The fraction of sp³-hybridized carbons (Fsp3) is 0.227. The van der Waals surface area contributed by atoms with Gasteiger partial charge in [-0.2, -0.15) is 0 Å². The van der Waals surface area contributed by atoms with Crippen molar-refractivity contribution < 1.29 is 14.3 Å². The number of thiophene rings is 1. The number of hydrogen-bond donors (Lipinski definition) is 0. The molecule has 1 unspecified atom stereocenters. The van der Waals surface area contributed by atoms with Gasteiger partial charge in [-0.25, -0.2) is 0 Å². The number of rotatable bonds is 8. The molecule has 0 N–H and O–H groups in total. The Bertz CT molecular complexity index is 849. The van der Waals surface area contributed by atoms with Crippen molar-refractivity contribution >= 4 is 17.2 Å². The molecule has 1 aromatic heterocycles. The van der Waals surface area contributed by atoms with Crippen LogP contribution in [0.15, 0.2) is 72.1 Å². The summed E-state index contributed by atoms with van der Waals surface area (Å²) >= 11 is 1.64. The van der Waals surface area contributed by atoms with Crippen molar-refractivity contribution in [3.05, 3.63) is 82.6 Å². The first-order chi connectivity index (χ1) is 13.2. The maximum Gasteiger partial charge on any atom is 0.263 e. The Kier molecular flexibility index (Phi) is 6.49. The van der Waals surface area contributed by atoms with Gasteiger partial charge in [0.15, 0.2) is 6.10 Å². The van der Waals surface area contributed by atoms with Crippen molar-refractivity contribution in [3.63, 3.8) is 0 Å². The summed E-state index contributed by atoms with van der Waals surface area (Å²) in [6.07, 6.45) is -0.581. The minimum Gasteiger partial charge on any atom is -0.496 e. The van der Waals surface area contributed by atoms with Crippen LogP contribution in [0.4, 0.5) is 0 Å². The van der Waals surface area contributed by atoms with Crippen LogP contribution >= 0.6 is 11.3 Å². The third kappa shape index (κ3) is 5.11. The van der Waals surface area contributed by atoms with Gasteiger partial charge in [0.25, 0.3) is 5.91 Å². The highest BCUT2D eigenvalue weighted by molar-refractivity contribution is 7.09. The zero-order valence-electron chi connectivity index (χ0n) is 15.5. The highest BCUT2D eigenvalue weighted by Gasteiger charge is 2.24. The molecule has 0 aliphatic heterocycles. The van der Waals surface area contributed by atoms with Crippen molar-refractivity contribution in [1.82, 2.24) is 4.90 Å². The van der Waals surface area contributed by atoms with Gasteiger partial charge in [-0.3, -0.25) is 4.79 Å². The molecule has 0 saturated carbocycles. The largest absolute Gasteiger partial charge is 0.496 e. The lowest BCUT2D eigenvalue weighted by Crippen LogP contribution is -2.39. The third-order valence-corrected chi connectivity index (χ3v) is 5.06. The Morgan fingerprint density at radius 1 is 1.00 bits per heavy atom. The van der Waals surface area contributed by atoms with Gasteiger partial charge >= 0.3 is 0 Å². The van der Waals surface area contributed by atoms with Crippen LogP contribution in [-0.2, 0) is 17.9 Å². The van der Waals surface area contributed by atoms with E-state index >= 15 is 0 Å². The number of carbonyl (C=O) groups excluding carboxylic acids is 1. The van der Waals surface area contributed by atoms with Crippen LogP contribution in [0.2, 0.25) is 0 Å². The van der Waals surface area contributed by atoms with E-state index in [-0.39, 0.29) is 5.91 Å². The number of benzene rings is 2. The number of carbonyl (C=O) groups is 1. The van der Waals surface area contributed by atoms with Crippen LogP contribution in [0.25, 0.3) is 0 Å². The molecular formula is C22H23NO3S. The number of nitrogens with zero attached hydrogens (tertiary/aromatic N) is 1. The first-order valence-electron chi connectivity index (χ1n) is 8.82. The number of methoxy groups -OCH3 is 1. The van der Waals surface area contributed by atoms with Gasteiger partial charge in [-0.1, -0.05) is 42.5 Å². The molecule has 27 heavy (non-hydrogen) atoms. The molecule has 4 nitrogen and oxygen atoms in total. The molecular weight excluding hydrogens is 358 g/mol. The molecule has 1 amide bonds. The normalized spacial score (nSPS) is 11.6. The Hall–Kier alpha value is -2.79. The van der Waals surface area contributed by atoms with Crippen LogP contribution in [0.5, 0.6) is 11.5 Å². The van der Waals surface area contributed by atoms with Crippen LogP contribution in [-0.4, -0.2) is 24.0 Å². The summed E-state index contributed by atoms with van der Waals surface area (Å²) in [6, 6.07) is 21.2. The molecule has 5 heteroatoms. The van der Waals surface area contributed by atoms with E-state index in [1.807, 2.05) is 77.0 Å². The number of hydrogen-bond acceptors (Lipinski definition) is 4. The zero-order valence-corrected chi connectivity index (χ0v) is 16.3. The smallest absolute Gasteiger partial charge is 0.263 e. The third-order valence-electron chi connectivity index (χ3n) is 4.20. The maximum atomic E-state index is 13.1. The molecule has 0 spiro atoms. The van der Waals surface area contributed by atoms with Crippen LogP contribution in [0.3, 0.4) is 0 Å². The first kappa shape index (κ1) is 19.0. The van der Waals surface area contributed by atoms with E-state index in [9.17, 15) is 4.79 Å². The first-order valence-corrected chi connectivity index (χ1v) is 9.70. The van der Waals surface area contributed by atoms with E-state index in [1.54, 1.807) is 25.4 Å². The quantitative estimate of drug-likeness (QED) is 0.565. The van der Waals surface area contributed by atoms with Crippen LogP contribution in [0.1, 0.15) is 17.4 Å². The monoisotopic (exact) mass is 381 g/mol. The average Bonchev–Trinajstić information content (AvgIpc) is 3.21. The second-order valence-corrected chi connectivity index (χ2v) is 7.19. The molecule has 0 radical (unpaired) electrons. The van der Waals surface area contributed by atoms with Gasteiger partial charge in [0, 0.05) is 17.0 Å².